The van der Waals surface area contributed by atoms with Gasteiger partial charge in [-0.3, -0.25) is 4.79 Å². The van der Waals surface area contributed by atoms with E-state index in [0.717, 1.165) is 0 Å². The monoisotopic (exact) mass is 249 g/mol. The van der Waals surface area contributed by atoms with Crippen molar-refractivity contribution in [3.8, 4) is 0 Å². The molecule has 0 aliphatic carbocycles. The minimum Gasteiger partial charge on any atom is -0.336 e. The highest BCUT2D eigenvalue weighted by Gasteiger charge is 2.04. The van der Waals surface area contributed by atoms with Crippen LogP contribution < -0.4 is 16.0 Å². The van der Waals surface area contributed by atoms with E-state index in [0.29, 0.717) is 17.8 Å². The summed E-state index contributed by atoms with van der Waals surface area (Å²) in [6.07, 6.45) is 0.422. The Kier molecular flexibility index (Phi) is 5.17. The lowest BCUT2D eigenvalue weighted by atomic mass is 10.2. The van der Waals surface area contributed by atoms with Gasteiger partial charge in [0, 0.05) is 23.8 Å². The average Bonchev–Trinajstić information content (AvgIpc) is 2.28. The summed E-state index contributed by atoms with van der Waals surface area (Å²) in [6, 6.07) is 6.85. The van der Waals surface area contributed by atoms with Crippen LogP contribution in [0.4, 0.5) is 16.2 Å². The maximum absolute atomic E-state index is 11.5. The minimum atomic E-state index is -0.260. The van der Waals surface area contributed by atoms with Gasteiger partial charge in [0.05, 0.1) is 0 Å². The number of hydrogen-bond donors (Lipinski definition) is 3. The lowest BCUT2D eigenvalue weighted by Crippen LogP contribution is -2.34. The first-order valence-corrected chi connectivity index (χ1v) is 5.98. The highest BCUT2D eigenvalue weighted by Crippen LogP contribution is 2.15. The van der Waals surface area contributed by atoms with Gasteiger partial charge in [-0.2, -0.15) is 0 Å². The van der Waals surface area contributed by atoms with E-state index in [-0.39, 0.29) is 18.0 Å². The Morgan fingerprint density at radius 2 is 1.78 bits per heavy atom. The van der Waals surface area contributed by atoms with Crippen molar-refractivity contribution in [2.75, 3.05) is 10.6 Å². The maximum atomic E-state index is 11.5. The van der Waals surface area contributed by atoms with Gasteiger partial charge in [0.15, 0.2) is 0 Å². The van der Waals surface area contributed by atoms with Crippen molar-refractivity contribution in [2.45, 2.75) is 33.2 Å². The van der Waals surface area contributed by atoms with Gasteiger partial charge >= 0.3 is 6.03 Å². The van der Waals surface area contributed by atoms with Crippen LogP contribution >= 0.6 is 0 Å². The number of carbonyl (C=O) groups is 2. The fourth-order valence-corrected chi connectivity index (χ4v) is 1.35. The van der Waals surface area contributed by atoms with Crippen LogP contribution in [0.3, 0.4) is 0 Å². The fourth-order valence-electron chi connectivity index (χ4n) is 1.35. The summed E-state index contributed by atoms with van der Waals surface area (Å²) in [5.74, 6) is -0.0567. The highest BCUT2D eigenvalue weighted by atomic mass is 16.2. The van der Waals surface area contributed by atoms with E-state index in [1.807, 2.05) is 13.8 Å². The molecule has 0 spiro atoms. The van der Waals surface area contributed by atoms with Gasteiger partial charge in [0.25, 0.3) is 0 Å². The van der Waals surface area contributed by atoms with E-state index < -0.39 is 0 Å². The van der Waals surface area contributed by atoms with Gasteiger partial charge in [-0.25, -0.2) is 4.79 Å². The zero-order chi connectivity index (χ0) is 13.5. The summed E-state index contributed by atoms with van der Waals surface area (Å²) in [5.41, 5.74) is 1.31. The topological polar surface area (TPSA) is 70.2 Å². The van der Waals surface area contributed by atoms with Crippen LogP contribution in [0.25, 0.3) is 0 Å². The van der Waals surface area contributed by atoms with E-state index in [1.165, 1.54) is 0 Å². The molecule has 0 fully saturated rings. The number of nitrogens with one attached hydrogen (secondary N) is 3. The molecule has 3 N–H and O–H groups in total. The second-order valence-electron chi connectivity index (χ2n) is 4.24. The Hall–Kier alpha value is -2.04. The van der Waals surface area contributed by atoms with Crippen molar-refractivity contribution < 1.29 is 9.59 Å². The molecule has 3 amide bonds. The molecule has 0 atom stereocenters. The van der Waals surface area contributed by atoms with Crippen LogP contribution in [0.1, 0.15) is 27.2 Å². The molecular weight excluding hydrogens is 230 g/mol. The summed E-state index contributed by atoms with van der Waals surface area (Å²) in [6.45, 7) is 5.56. The van der Waals surface area contributed by atoms with E-state index in [4.69, 9.17) is 0 Å². The van der Waals surface area contributed by atoms with Crippen LogP contribution in [0.5, 0.6) is 0 Å². The molecule has 0 unspecified atom stereocenters. The smallest absolute Gasteiger partial charge is 0.319 e. The Labute approximate surface area is 107 Å². The Morgan fingerprint density at radius 3 is 2.33 bits per heavy atom. The summed E-state index contributed by atoms with van der Waals surface area (Å²) in [7, 11) is 0. The fraction of sp³-hybridized carbons (Fsp3) is 0.385. The van der Waals surface area contributed by atoms with Gasteiger partial charge in [0.2, 0.25) is 5.91 Å². The third-order valence-corrected chi connectivity index (χ3v) is 2.15. The second-order valence-corrected chi connectivity index (χ2v) is 4.24. The molecule has 0 saturated heterocycles. The zero-order valence-corrected chi connectivity index (χ0v) is 10.9. The molecule has 0 radical (unpaired) electrons. The van der Waals surface area contributed by atoms with Crippen molar-refractivity contribution in [3.63, 3.8) is 0 Å². The predicted molar refractivity (Wildman–Crippen MR) is 72.7 cm³/mol. The SMILES string of the molecule is CCC(=O)Nc1cccc(NC(=O)NC(C)C)c1. The van der Waals surface area contributed by atoms with Gasteiger partial charge in [-0.05, 0) is 32.0 Å². The number of amides is 3. The molecule has 0 aliphatic rings. The Balaban J connectivity index is 2.64. The molecule has 0 saturated carbocycles. The van der Waals surface area contributed by atoms with Gasteiger partial charge in [-0.1, -0.05) is 13.0 Å². The quantitative estimate of drug-likeness (QED) is 0.767. The predicted octanol–water partition coefficient (Wildman–Crippen LogP) is 2.57. The Morgan fingerprint density at radius 1 is 1.17 bits per heavy atom. The van der Waals surface area contributed by atoms with Crippen LogP contribution in [0, 0.1) is 0 Å². The zero-order valence-electron chi connectivity index (χ0n) is 10.9. The van der Waals surface area contributed by atoms with Crippen LogP contribution in [-0.2, 0) is 4.79 Å². The van der Waals surface area contributed by atoms with Gasteiger partial charge in [-0.15, -0.1) is 0 Å². The number of rotatable bonds is 4. The molecule has 1 rings (SSSR count). The average molecular weight is 249 g/mol. The summed E-state index contributed by atoms with van der Waals surface area (Å²) < 4.78 is 0. The lowest BCUT2D eigenvalue weighted by Gasteiger charge is -2.11. The summed E-state index contributed by atoms with van der Waals surface area (Å²) in [4.78, 5) is 22.8. The lowest BCUT2D eigenvalue weighted by molar-refractivity contribution is -0.115. The van der Waals surface area contributed by atoms with Gasteiger partial charge in [0.1, 0.15) is 0 Å². The number of benzene rings is 1. The molecule has 18 heavy (non-hydrogen) atoms. The maximum Gasteiger partial charge on any atom is 0.319 e. The van der Waals surface area contributed by atoms with Crippen LogP contribution in [0.15, 0.2) is 24.3 Å². The second kappa shape index (κ2) is 6.64. The van der Waals surface area contributed by atoms with Crippen LogP contribution in [0.2, 0.25) is 0 Å². The molecule has 98 valence electrons. The standard InChI is InChI=1S/C13H19N3O2/c1-4-12(17)15-10-6-5-7-11(8-10)16-13(18)14-9(2)3/h5-9H,4H2,1-3H3,(H,15,17)(H2,14,16,18). The summed E-state index contributed by atoms with van der Waals surface area (Å²) >= 11 is 0. The number of anilines is 2. The molecule has 0 bridgehead atoms. The number of urea groups is 1. The molecule has 1 aromatic carbocycles. The highest BCUT2D eigenvalue weighted by molar-refractivity contribution is 5.93. The first-order valence-electron chi connectivity index (χ1n) is 5.98. The number of carbonyl (C=O) groups excluding carboxylic acids is 2. The molecule has 5 heteroatoms. The molecule has 5 nitrogen and oxygen atoms in total. The molecular formula is C13H19N3O2. The Bertz CT molecular complexity index is 430. The molecule has 0 heterocycles. The van der Waals surface area contributed by atoms with Crippen molar-refractivity contribution in [2.24, 2.45) is 0 Å². The normalized spacial score (nSPS) is 10.0. The molecule has 1 aromatic rings. The van der Waals surface area contributed by atoms with E-state index >= 15 is 0 Å². The third kappa shape index (κ3) is 4.86. The van der Waals surface area contributed by atoms with E-state index in [2.05, 4.69) is 16.0 Å². The van der Waals surface area contributed by atoms with E-state index in [9.17, 15) is 9.59 Å². The largest absolute Gasteiger partial charge is 0.336 e. The first kappa shape index (κ1) is 14.0. The molecule has 0 aliphatic heterocycles. The molecule has 0 aromatic heterocycles. The number of hydrogen-bond acceptors (Lipinski definition) is 2. The first-order chi connectivity index (χ1) is 8.51. The van der Waals surface area contributed by atoms with Gasteiger partial charge < -0.3 is 16.0 Å². The summed E-state index contributed by atoms with van der Waals surface area (Å²) in [5, 5.41) is 8.16. The van der Waals surface area contributed by atoms with Crippen LogP contribution in [-0.4, -0.2) is 18.0 Å². The van der Waals surface area contributed by atoms with Crippen molar-refractivity contribution in [1.82, 2.24) is 5.32 Å². The van der Waals surface area contributed by atoms with Crippen molar-refractivity contribution >= 4 is 23.3 Å². The van der Waals surface area contributed by atoms with E-state index in [1.54, 1.807) is 31.2 Å². The minimum absolute atomic E-state index is 0.0567. The van der Waals surface area contributed by atoms with Crippen molar-refractivity contribution in [1.29, 1.82) is 0 Å². The third-order valence-electron chi connectivity index (χ3n) is 2.15. The van der Waals surface area contributed by atoms with Crippen molar-refractivity contribution in [3.05, 3.63) is 24.3 Å².